The molecule has 0 radical (unpaired) electrons. The van der Waals surface area contributed by atoms with Crippen LogP contribution in [0.4, 0.5) is 5.69 Å². The Hall–Kier alpha value is -3.66. The van der Waals surface area contributed by atoms with Crippen molar-refractivity contribution in [3.8, 4) is 11.8 Å². The highest BCUT2D eigenvalue weighted by Crippen LogP contribution is 2.11. The van der Waals surface area contributed by atoms with Crippen molar-refractivity contribution in [1.29, 1.82) is 5.26 Å². The lowest BCUT2D eigenvalue weighted by molar-refractivity contribution is -0.120. The standard InChI is InChI=1S/C18H16N4O3/c19-11-10-17(23)22-20-12-14-6-8-16(9-7-14)25-13-18(24)21-15-4-2-1-3-5-15/h1-9,12H,10,13H2,(H,21,24)(H,22,23)/b20-12-. The summed E-state index contributed by atoms with van der Waals surface area (Å²) in [6, 6.07) is 17.7. The van der Waals surface area contributed by atoms with Crippen LogP contribution in [-0.2, 0) is 9.59 Å². The minimum atomic E-state index is -0.469. The van der Waals surface area contributed by atoms with E-state index in [-0.39, 0.29) is 18.9 Å². The van der Waals surface area contributed by atoms with Gasteiger partial charge >= 0.3 is 0 Å². The molecule has 0 saturated carbocycles. The molecule has 0 saturated heterocycles. The third-order valence-corrected chi connectivity index (χ3v) is 2.95. The lowest BCUT2D eigenvalue weighted by Gasteiger charge is -2.07. The van der Waals surface area contributed by atoms with Gasteiger partial charge in [-0.25, -0.2) is 5.43 Å². The molecule has 2 amide bonds. The first-order chi connectivity index (χ1) is 12.2. The number of benzene rings is 2. The van der Waals surface area contributed by atoms with Crippen LogP contribution < -0.4 is 15.5 Å². The minimum Gasteiger partial charge on any atom is -0.484 e. The van der Waals surface area contributed by atoms with Gasteiger partial charge in [0.2, 0.25) is 0 Å². The molecule has 0 aliphatic carbocycles. The number of nitrogens with zero attached hydrogens (tertiary/aromatic N) is 2. The molecule has 2 aromatic rings. The summed E-state index contributed by atoms with van der Waals surface area (Å²) in [4.78, 5) is 22.9. The maximum atomic E-state index is 11.8. The van der Waals surface area contributed by atoms with Gasteiger partial charge in [0.25, 0.3) is 11.8 Å². The second kappa shape index (κ2) is 9.47. The van der Waals surface area contributed by atoms with Crippen molar-refractivity contribution in [2.75, 3.05) is 11.9 Å². The van der Waals surface area contributed by atoms with Crippen molar-refractivity contribution >= 4 is 23.7 Å². The Morgan fingerprint density at radius 3 is 2.48 bits per heavy atom. The summed E-state index contributed by atoms with van der Waals surface area (Å²) in [5.41, 5.74) is 3.68. The van der Waals surface area contributed by atoms with Crippen LogP contribution in [0.15, 0.2) is 59.7 Å². The second-order valence-corrected chi connectivity index (χ2v) is 4.90. The van der Waals surface area contributed by atoms with Crippen LogP contribution in [0.2, 0.25) is 0 Å². The van der Waals surface area contributed by atoms with E-state index in [9.17, 15) is 9.59 Å². The number of hydrogen-bond acceptors (Lipinski definition) is 5. The largest absolute Gasteiger partial charge is 0.484 e. The van der Waals surface area contributed by atoms with Gasteiger partial charge in [-0.3, -0.25) is 9.59 Å². The maximum Gasteiger partial charge on any atom is 0.262 e. The van der Waals surface area contributed by atoms with Crippen LogP contribution in [-0.4, -0.2) is 24.6 Å². The third kappa shape index (κ3) is 6.54. The molecule has 126 valence electrons. The highest BCUT2D eigenvalue weighted by molar-refractivity contribution is 5.91. The molecule has 0 aliphatic heterocycles. The van der Waals surface area contributed by atoms with Gasteiger partial charge in [0.1, 0.15) is 12.2 Å². The van der Waals surface area contributed by atoms with E-state index in [1.807, 2.05) is 18.2 Å². The van der Waals surface area contributed by atoms with Crippen molar-refractivity contribution in [3.05, 3.63) is 60.2 Å². The fourth-order valence-electron chi connectivity index (χ4n) is 1.81. The molecule has 0 bridgehead atoms. The lowest BCUT2D eigenvalue weighted by Crippen LogP contribution is -2.20. The topological polar surface area (TPSA) is 104 Å². The zero-order chi connectivity index (χ0) is 17.9. The van der Waals surface area contributed by atoms with Gasteiger partial charge in [-0.05, 0) is 42.0 Å². The van der Waals surface area contributed by atoms with E-state index in [0.717, 1.165) is 5.56 Å². The number of carbonyl (C=O) groups is 2. The molecule has 0 heterocycles. The van der Waals surface area contributed by atoms with E-state index >= 15 is 0 Å². The zero-order valence-corrected chi connectivity index (χ0v) is 13.3. The first-order valence-corrected chi connectivity index (χ1v) is 7.44. The van der Waals surface area contributed by atoms with Crippen LogP contribution >= 0.6 is 0 Å². The Kier molecular flexibility index (Phi) is 6.70. The highest BCUT2D eigenvalue weighted by Gasteiger charge is 2.03. The van der Waals surface area contributed by atoms with Gasteiger partial charge in [-0.1, -0.05) is 18.2 Å². The maximum absolute atomic E-state index is 11.8. The number of nitriles is 1. The molecular formula is C18H16N4O3. The summed E-state index contributed by atoms with van der Waals surface area (Å²) in [6.07, 6.45) is 1.20. The van der Waals surface area contributed by atoms with Crippen LogP contribution in [0, 0.1) is 11.3 Å². The normalized spacial score (nSPS) is 10.0. The van der Waals surface area contributed by atoms with Gasteiger partial charge in [-0.15, -0.1) is 0 Å². The minimum absolute atomic E-state index is 0.105. The van der Waals surface area contributed by atoms with Crippen LogP contribution in [0.25, 0.3) is 0 Å². The number of anilines is 1. The van der Waals surface area contributed by atoms with Crippen molar-refractivity contribution in [2.24, 2.45) is 5.10 Å². The molecule has 0 spiro atoms. The van der Waals surface area contributed by atoms with Gasteiger partial charge < -0.3 is 10.1 Å². The monoisotopic (exact) mass is 336 g/mol. The number of amides is 2. The molecule has 2 N–H and O–H groups in total. The van der Waals surface area contributed by atoms with Gasteiger partial charge in [0, 0.05) is 5.69 Å². The van der Waals surface area contributed by atoms with E-state index < -0.39 is 5.91 Å². The Morgan fingerprint density at radius 2 is 1.80 bits per heavy atom. The summed E-state index contributed by atoms with van der Waals surface area (Å²) in [5, 5.41) is 14.8. The fourth-order valence-corrected chi connectivity index (χ4v) is 1.81. The first kappa shape index (κ1) is 17.7. The summed E-state index contributed by atoms with van der Waals surface area (Å²) >= 11 is 0. The summed E-state index contributed by atoms with van der Waals surface area (Å²) in [6.45, 7) is -0.105. The predicted molar refractivity (Wildman–Crippen MR) is 93.0 cm³/mol. The van der Waals surface area contributed by atoms with Crippen LogP contribution in [0.5, 0.6) is 5.75 Å². The Bertz CT molecular complexity index is 780. The van der Waals surface area contributed by atoms with Crippen molar-refractivity contribution in [1.82, 2.24) is 5.43 Å². The quantitative estimate of drug-likeness (QED) is 0.596. The molecule has 7 nitrogen and oxygen atoms in total. The van der Waals surface area contributed by atoms with Crippen molar-refractivity contribution < 1.29 is 14.3 Å². The number of nitrogens with one attached hydrogen (secondary N) is 2. The summed E-state index contributed by atoms with van der Waals surface area (Å²) < 4.78 is 5.41. The third-order valence-electron chi connectivity index (χ3n) is 2.95. The molecular weight excluding hydrogens is 320 g/mol. The molecule has 2 rings (SSSR count). The highest BCUT2D eigenvalue weighted by atomic mass is 16.5. The number of carbonyl (C=O) groups excluding carboxylic acids is 2. The first-order valence-electron chi connectivity index (χ1n) is 7.44. The van der Waals surface area contributed by atoms with E-state index in [4.69, 9.17) is 10.00 Å². The van der Waals surface area contributed by atoms with E-state index in [1.54, 1.807) is 42.5 Å². The average molecular weight is 336 g/mol. The number of hydrazone groups is 1. The van der Waals surface area contributed by atoms with Gasteiger partial charge in [0.15, 0.2) is 6.61 Å². The molecule has 0 fully saturated rings. The van der Waals surface area contributed by atoms with Crippen LogP contribution in [0.3, 0.4) is 0 Å². The van der Waals surface area contributed by atoms with Gasteiger partial charge in [-0.2, -0.15) is 10.4 Å². The molecule has 0 unspecified atom stereocenters. The van der Waals surface area contributed by atoms with Crippen molar-refractivity contribution in [3.63, 3.8) is 0 Å². The molecule has 7 heteroatoms. The van der Waals surface area contributed by atoms with E-state index in [1.165, 1.54) is 6.21 Å². The van der Waals surface area contributed by atoms with Crippen LogP contribution in [0.1, 0.15) is 12.0 Å². The molecule has 25 heavy (non-hydrogen) atoms. The SMILES string of the molecule is N#CCC(=O)N/N=C\c1ccc(OCC(=O)Nc2ccccc2)cc1. The fraction of sp³-hybridized carbons (Fsp3) is 0.111. The van der Waals surface area contributed by atoms with Gasteiger partial charge in [0.05, 0.1) is 12.3 Å². The predicted octanol–water partition coefficient (Wildman–Crippen LogP) is 2.07. The van der Waals surface area contributed by atoms with E-state index in [2.05, 4.69) is 15.8 Å². The number of rotatable bonds is 7. The molecule has 0 aromatic heterocycles. The lowest BCUT2D eigenvalue weighted by atomic mass is 10.2. The summed E-state index contributed by atoms with van der Waals surface area (Å²) in [5.74, 6) is -0.186. The van der Waals surface area contributed by atoms with Crippen molar-refractivity contribution in [2.45, 2.75) is 6.42 Å². The zero-order valence-electron chi connectivity index (χ0n) is 13.3. The number of ether oxygens (including phenoxy) is 1. The smallest absolute Gasteiger partial charge is 0.262 e. The summed E-state index contributed by atoms with van der Waals surface area (Å²) in [7, 11) is 0. The second-order valence-electron chi connectivity index (χ2n) is 4.90. The Balaban J connectivity index is 1.78. The molecule has 0 atom stereocenters. The number of hydrogen-bond donors (Lipinski definition) is 2. The van der Waals surface area contributed by atoms with E-state index in [0.29, 0.717) is 11.4 Å². The molecule has 2 aromatic carbocycles. The molecule has 0 aliphatic rings. The average Bonchev–Trinajstić information content (AvgIpc) is 2.62. The Labute approximate surface area is 144 Å². The Morgan fingerprint density at radius 1 is 1.08 bits per heavy atom. The number of para-hydroxylation sites is 1.